The van der Waals surface area contributed by atoms with E-state index in [9.17, 15) is 14.0 Å². The fourth-order valence-corrected chi connectivity index (χ4v) is 5.62. The first kappa shape index (κ1) is 24.1. The number of amides is 2. The SMILES string of the molecule is O=C(C1CCC1)N(CCN1CCOCC1)CC(=O)N1N=C(c2ccccc2F)C[C@@H]1c1cccs1. The predicted octanol–water partition coefficient (Wildman–Crippen LogP) is 3.53. The second kappa shape index (κ2) is 11.0. The van der Waals surface area contributed by atoms with Crippen molar-refractivity contribution in [2.75, 3.05) is 45.9 Å². The van der Waals surface area contributed by atoms with Gasteiger partial charge in [0.05, 0.1) is 25.0 Å². The molecule has 0 spiro atoms. The first-order valence-electron chi connectivity index (χ1n) is 12.4. The van der Waals surface area contributed by atoms with Gasteiger partial charge in [-0.2, -0.15) is 5.10 Å². The Morgan fingerprint density at radius 3 is 2.63 bits per heavy atom. The molecule has 1 aromatic heterocycles. The number of nitrogens with zero attached hydrogens (tertiary/aromatic N) is 4. The van der Waals surface area contributed by atoms with Crippen LogP contribution in [0.3, 0.4) is 0 Å². The van der Waals surface area contributed by atoms with Crippen molar-refractivity contribution >= 4 is 28.9 Å². The maximum Gasteiger partial charge on any atom is 0.262 e. The molecule has 0 bridgehead atoms. The van der Waals surface area contributed by atoms with Crippen molar-refractivity contribution in [2.24, 2.45) is 11.0 Å². The Labute approximate surface area is 209 Å². The van der Waals surface area contributed by atoms with E-state index in [1.165, 1.54) is 11.1 Å². The maximum atomic E-state index is 14.5. The highest BCUT2D eigenvalue weighted by molar-refractivity contribution is 7.10. The zero-order chi connectivity index (χ0) is 24.2. The number of benzene rings is 1. The smallest absolute Gasteiger partial charge is 0.262 e. The average molecular weight is 499 g/mol. The average Bonchev–Trinajstić information content (AvgIpc) is 3.51. The van der Waals surface area contributed by atoms with Gasteiger partial charge in [-0.05, 0) is 30.4 Å². The van der Waals surface area contributed by atoms with Crippen molar-refractivity contribution in [1.82, 2.24) is 14.8 Å². The van der Waals surface area contributed by atoms with Gasteiger partial charge in [-0.25, -0.2) is 9.40 Å². The molecule has 5 rings (SSSR count). The molecule has 7 nitrogen and oxygen atoms in total. The molecular formula is C26H31FN4O3S. The lowest BCUT2D eigenvalue weighted by Gasteiger charge is -2.34. The molecule has 35 heavy (non-hydrogen) atoms. The minimum absolute atomic E-state index is 0.0108. The van der Waals surface area contributed by atoms with E-state index in [1.54, 1.807) is 34.4 Å². The van der Waals surface area contributed by atoms with Crippen LogP contribution in [0.1, 0.15) is 42.2 Å². The first-order valence-corrected chi connectivity index (χ1v) is 13.2. The van der Waals surface area contributed by atoms with Crippen LogP contribution in [0.15, 0.2) is 46.9 Å². The first-order chi connectivity index (χ1) is 17.1. The van der Waals surface area contributed by atoms with Gasteiger partial charge in [0, 0.05) is 49.0 Å². The Hall–Kier alpha value is -2.62. The van der Waals surface area contributed by atoms with Gasteiger partial charge in [0.1, 0.15) is 12.4 Å². The minimum Gasteiger partial charge on any atom is -0.379 e. The molecular weight excluding hydrogens is 467 g/mol. The summed E-state index contributed by atoms with van der Waals surface area (Å²) >= 11 is 1.55. The second-order valence-corrected chi connectivity index (χ2v) is 10.3. The van der Waals surface area contributed by atoms with E-state index < -0.39 is 0 Å². The molecule has 1 aromatic carbocycles. The number of hydrogen-bond donors (Lipinski definition) is 0. The Morgan fingerprint density at radius 1 is 1.14 bits per heavy atom. The molecule has 1 saturated heterocycles. The quantitative estimate of drug-likeness (QED) is 0.559. The van der Waals surface area contributed by atoms with Crippen molar-refractivity contribution in [1.29, 1.82) is 0 Å². The van der Waals surface area contributed by atoms with E-state index in [1.807, 2.05) is 17.5 Å². The van der Waals surface area contributed by atoms with Crippen molar-refractivity contribution < 1.29 is 18.7 Å². The number of ether oxygens (including phenoxy) is 1. The number of morpholine rings is 1. The summed E-state index contributed by atoms with van der Waals surface area (Å²) in [4.78, 5) is 31.8. The number of rotatable bonds is 8. The lowest BCUT2D eigenvalue weighted by molar-refractivity contribution is -0.145. The van der Waals surface area contributed by atoms with Crippen molar-refractivity contribution in [3.63, 3.8) is 0 Å². The van der Waals surface area contributed by atoms with Crippen molar-refractivity contribution in [2.45, 2.75) is 31.7 Å². The molecule has 0 radical (unpaired) electrons. The maximum absolute atomic E-state index is 14.5. The third kappa shape index (κ3) is 5.47. The van der Waals surface area contributed by atoms with E-state index in [0.717, 1.165) is 37.2 Å². The molecule has 2 aromatic rings. The molecule has 186 valence electrons. The Bertz CT molecular complexity index is 1070. The van der Waals surface area contributed by atoms with Crippen LogP contribution in [-0.2, 0) is 14.3 Å². The van der Waals surface area contributed by atoms with Crippen LogP contribution in [0.2, 0.25) is 0 Å². The van der Waals surface area contributed by atoms with Crippen LogP contribution >= 0.6 is 11.3 Å². The predicted molar refractivity (Wildman–Crippen MR) is 133 cm³/mol. The second-order valence-electron chi connectivity index (χ2n) is 9.34. The zero-order valence-electron chi connectivity index (χ0n) is 19.8. The molecule has 9 heteroatoms. The van der Waals surface area contributed by atoms with E-state index in [4.69, 9.17) is 4.74 Å². The molecule has 1 atom stereocenters. The largest absolute Gasteiger partial charge is 0.379 e. The Kier molecular flexibility index (Phi) is 7.55. The fraction of sp³-hybridized carbons (Fsp3) is 0.500. The van der Waals surface area contributed by atoms with Crippen molar-refractivity contribution in [3.8, 4) is 0 Å². The third-order valence-electron chi connectivity index (χ3n) is 7.10. The number of carbonyl (C=O) groups is 2. The molecule has 1 saturated carbocycles. The summed E-state index contributed by atoms with van der Waals surface area (Å²) in [6, 6.07) is 10.2. The van der Waals surface area contributed by atoms with Crippen LogP contribution in [0, 0.1) is 11.7 Å². The molecule has 2 aliphatic heterocycles. The van der Waals surface area contributed by atoms with Crippen LogP contribution in [0.25, 0.3) is 0 Å². The van der Waals surface area contributed by atoms with E-state index in [-0.39, 0.29) is 36.1 Å². The Morgan fingerprint density at radius 2 is 1.94 bits per heavy atom. The number of carbonyl (C=O) groups excluding carboxylic acids is 2. The molecule has 0 N–H and O–H groups in total. The highest BCUT2D eigenvalue weighted by Gasteiger charge is 2.37. The monoisotopic (exact) mass is 498 g/mol. The van der Waals surface area contributed by atoms with E-state index in [0.29, 0.717) is 44.0 Å². The molecule has 3 aliphatic rings. The normalized spacial score (nSPS) is 21.0. The highest BCUT2D eigenvalue weighted by atomic mass is 32.1. The number of hydrazone groups is 1. The van der Waals surface area contributed by atoms with Gasteiger partial charge in [0.15, 0.2) is 0 Å². The lowest BCUT2D eigenvalue weighted by atomic mass is 9.84. The summed E-state index contributed by atoms with van der Waals surface area (Å²) < 4.78 is 19.9. The van der Waals surface area contributed by atoms with Crippen molar-refractivity contribution in [3.05, 3.63) is 58.0 Å². The van der Waals surface area contributed by atoms with E-state index in [2.05, 4.69) is 10.0 Å². The molecule has 0 unspecified atom stereocenters. The topological polar surface area (TPSA) is 65.5 Å². The number of halogens is 1. The highest BCUT2D eigenvalue weighted by Crippen LogP contribution is 2.36. The number of hydrogen-bond acceptors (Lipinski definition) is 6. The molecule has 3 heterocycles. The lowest BCUT2D eigenvalue weighted by Crippen LogP contribution is -2.49. The van der Waals surface area contributed by atoms with Gasteiger partial charge >= 0.3 is 0 Å². The minimum atomic E-state index is -0.349. The van der Waals surface area contributed by atoms with E-state index >= 15 is 0 Å². The number of thiophene rings is 1. The molecule has 2 fully saturated rings. The van der Waals surface area contributed by atoms with Gasteiger partial charge in [-0.15, -0.1) is 11.3 Å². The summed E-state index contributed by atoms with van der Waals surface area (Å²) in [6.07, 6.45) is 3.28. The van der Waals surface area contributed by atoms with Gasteiger partial charge in [-0.1, -0.05) is 30.7 Å². The Balaban J connectivity index is 1.35. The summed E-state index contributed by atoms with van der Waals surface area (Å²) in [6.45, 7) is 4.26. The van der Waals surface area contributed by atoms with Gasteiger partial charge in [-0.3, -0.25) is 14.5 Å². The summed E-state index contributed by atoms with van der Waals surface area (Å²) in [7, 11) is 0. The van der Waals surface area contributed by atoms with Crippen LogP contribution < -0.4 is 0 Å². The van der Waals surface area contributed by atoms with Gasteiger partial charge in [0.25, 0.3) is 5.91 Å². The van der Waals surface area contributed by atoms with Crippen LogP contribution in [0.5, 0.6) is 0 Å². The standard InChI is InChI=1S/C26H31FN4O3S/c27-21-8-2-1-7-20(21)22-17-23(24-9-4-16-35-24)31(28-22)25(32)18-30(26(33)19-5-3-6-19)11-10-29-12-14-34-15-13-29/h1-2,4,7-9,16,19,23H,3,5-6,10-15,17-18H2/t23-/m1/s1. The van der Waals surface area contributed by atoms with Crippen LogP contribution in [-0.4, -0.2) is 78.3 Å². The van der Waals surface area contributed by atoms with Gasteiger partial charge < -0.3 is 9.64 Å². The van der Waals surface area contributed by atoms with Crippen LogP contribution in [0.4, 0.5) is 4.39 Å². The fourth-order valence-electron chi connectivity index (χ4n) is 4.80. The molecule has 1 aliphatic carbocycles. The zero-order valence-corrected chi connectivity index (χ0v) is 20.6. The molecule has 2 amide bonds. The van der Waals surface area contributed by atoms with Gasteiger partial charge in [0.2, 0.25) is 5.91 Å². The summed E-state index contributed by atoms with van der Waals surface area (Å²) in [5.74, 6) is -0.512. The third-order valence-corrected chi connectivity index (χ3v) is 8.08. The summed E-state index contributed by atoms with van der Waals surface area (Å²) in [5, 5.41) is 8.04. The summed E-state index contributed by atoms with van der Waals surface area (Å²) in [5.41, 5.74) is 0.971.